The van der Waals surface area contributed by atoms with Crippen LogP contribution in [-0.2, 0) is 5.41 Å². The van der Waals surface area contributed by atoms with Crippen molar-refractivity contribution in [2.24, 2.45) is 0 Å². The summed E-state index contributed by atoms with van der Waals surface area (Å²) < 4.78 is 26.9. The van der Waals surface area contributed by atoms with E-state index in [4.69, 9.17) is 34.8 Å². The first-order chi connectivity index (χ1) is 71.6. The first kappa shape index (κ1) is 120. The fourth-order valence-electron chi connectivity index (χ4n) is 15.7. The molecule has 0 spiro atoms. The Morgan fingerprint density at radius 2 is 0.380 bits per heavy atom. The molecular formula is C145H157Cl3F2. The van der Waals surface area contributed by atoms with Crippen LogP contribution in [0.4, 0.5) is 8.78 Å². The summed E-state index contributed by atoms with van der Waals surface area (Å²) >= 11 is 18.2. The molecule has 0 saturated heterocycles. The van der Waals surface area contributed by atoms with E-state index in [0.29, 0.717) is 57.4 Å². The number of hydrogen-bond acceptors (Lipinski definition) is 0. The van der Waals surface area contributed by atoms with Crippen LogP contribution in [-0.4, -0.2) is 0 Å². The van der Waals surface area contributed by atoms with E-state index in [1.807, 2.05) is 78.9 Å². The highest BCUT2D eigenvalue weighted by Gasteiger charge is 2.14. The highest BCUT2D eigenvalue weighted by atomic mass is 35.5. The molecule has 0 atom stereocenters. The van der Waals surface area contributed by atoms with Gasteiger partial charge in [-0.15, -0.1) is 0 Å². The number of rotatable bonds is 24. The second kappa shape index (κ2) is 62.0. The minimum Gasteiger partial charge on any atom is -0.206 e. The van der Waals surface area contributed by atoms with Crippen LogP contribution < -0.4 is 0 Å². The first-order valence-corrected chi connectivity index (χ1v) is 54.1. The van der Waals surface area contributed by atoms with E-state index in [-0.39, 0.29) is 11.0 Å². The molecule has 0 aliphatic heterocycles. The van der Waals surface area contributed by atoms with Gasteiger partial charge in [-0.2, -0.15) is 0 Å². The molecule has 0 heterocycles. The topological polar surface area (TPSA) is 0 Å². The molecular weight excluding hydrogens is 1890 g/mol. The Labute approximate surface area is 916 Å². The lowest BCUT2D eigenvalue weighted by Crippen LogP contribution is -2.10. The molecule has 772 valence electrons. The zero-order valence-corrected chi connectivity index (χ0v) is 95.2. The Bertz CT molecular complexity index is 6610. The summed E-state index contributed by atoms with van der Waals surface area (Å²) in [6, 6.07) is 128. The van der Waals surface area contributed by atoms with Gasteiger partial charge in [0.05, 0.1) is 0 Å². The fraction of sp³-hybridized carbons (Fsp3) is 0.228. The largest absolute Gasteiger partial charge is 0.206 e. The zero-order chi connectivity index (χ0) is 109. The number of aryl methyl sites for hydroxylation is 5. The highest BCUT2D eigenvalue weighted by Crippen LogP contribution is 2.31. The molecule has 0 aliphatic carbocycles. The molecule has 0 aliphatic rings. The Balaban J connectivity index is 0.000000190. The van der Waals surface area contributed by atoms with Crippen molar-refractivity contribution in [3.05, 3.63) is 564 Å². The van der Waals surface area contributed by atoms with E-state index >= 15 is 0 Å². The lowest BCUT2D eigenvalue weighted by Gasteiger charge is -2.18. The molecule has 16 aromatic carbocycles. The molecule has 16 aromatic rings. The van der Waals surface area contributed by atoms with E-state index in [9.17, 15) is 8.78 Å². The minimum absolute atomic E-state index is 0.00423. The van der Waals surface area contributed by atoms with Gasteiger partial charge in [0.25, 0.3) is 0 Å². The van der Waals surface area contributed by atoms with Crippen LogP contribution >= 0.6 is 34.8 Å². The fourth-order valence-corrected chi connectivity index (χ4v) is 16.5. The van der Waals surface area contributed by atoms with Crippen molar-refractivity contribution in [3.63, 3.8) is 0 Å². The standard InChI is InChI=1S/C21H26.C19H22.3C18H20.C17H16Cl2.C17H17Cl.C17H16F2/c1-16(2)19-12-8-17(9-13-19)6-7-18-10-14-20(15-11-18)21(3,4)5;1-14(2)19-9-7-17(8-10-19)5-6-18-12-15(3)11-16(4)13-18;2*1-14(2)18-12-10-17(11-13-18)9-8-16-6-4-15(3)5-7-16;1-14(2)18-11-9-16(10-12-18)7-8-17-6-4-5-15(3)13-17;1-12(2)14-9-6-13(7-10-14)8-11-15-16(18)4-3-5-17(15)19;1-13(2)16-10-8-14(9-11-16)6-7-15-4-3-5-17(18)12-15;1-12(2)14-9-6-13(7-10-14)8-11-15-16(18)4-3-5-17(15)19/h6-16H,1-5H3;5-14H,1-4H3;3*4-14H,1-3H3;3-12H,1-2H3;3-13H,1-2H3;3-12H,1-2H3/b7-6+;6-5+;2*9-8+;8-7+;11-8+;7-6+;11-8+. The zero-order valence-electron chi connectivity index (χ0n) is 93.0. The lowest BCUT2D eigenvalue weighted by atomic mass is 9.87. The molecule has 0 bridgehead atoms. The molecule has 0 unspecified atom stereocenters. The summed E-state index contributed by atoms with van der Waals surface area (Å²) in [6.45, 7) is 52.6. The van der Waals surface area contributed by atoms with Gasteiger partial charge in [-0.1, -0.05) is 619 Å². The number of hydrogen-bond donors (Lipinski definition) is 0. The van der Waals surface area contributed by atoms with Crippen molar-refractivity contribution in [1.29, 1.82) is 0 Å². The highest BCUT2D eigenvalue weighted by molar-refractivity contribution is 6.37. The molecule has 0 amide bonds. The van der Waals surface area contributed by atoms with Crippen LogP contribution in [0.1, 0.15) is 346 Å². The Hall–Kier alpha value is -13.8. The Kier molecular flexibility index (Phi) is 49.4. The van der Waals surface area contributed by atoms with Crippen molar-refractivity contribution < 1.29 is 8.78 Å². The van der Waals surface area contributed by atoms with Crippen molar-refractivity contribution in [2.75, 3.05) is 0 Å². The summed E-state index contributed by atoms with van der Waals surface area (Å²) in [7, 11) is 0. The van der Waals surface area contributed by atoms with Crippen LogP contribution in [0.25, 0.3) is 97.2 Å². The van der Waals surface area contributed by atoms with Gasteiger partial charge in [0, 0.05) is 26.2 Å². The second-order valence-electron chi connectivity index (χ2n) is 42.1. The maximum absolute atomic E-state index is 13.4. The normalized spacial score (nSPS) is 11.5. The van der Waals surface area contributed by atoms with Crippen LogP contribution in [0.15, 0.2) is 370 Å². The van der Waals surface area contributed by atoms with Crippen LogP contribution in [0.2, 0.25) is 15.1 Å². The smallest absolute Gasteiger partial charge is 0.133 e. The van der Waals surface area contributed by atoms with E-state index in [0.717, 1.165) is 27.3 Å². The van der Waals surface area contributed by atoms with Gasteiger partial charge in [0.15, 0.2) is 0 Å². The quantitative estimate of drug-likeness (QED) is 0.0529. The lowest BCUT2D eigenvalue weighted by molar-refractivity contribution is 0.579. The van der Waals surface area contributed by atoms with Crippen molar-refractivity contribution in [2.45, 2.75) is 219 Å². The predicted octanol–water partition coefficient (Wildman–Crippen LogP) is 44.9. The van der Waals surface area contributed by atoms with Crippen molar-refractivity contribution in [3.8, 4) is 0 Å². The van der Waals surface area contributed by atoms with Crippen LogP contribution in [0.5, 0.6) is 0 Å². The third-order valence-corrected chi connectivity index (χ3v) is 26.5. The average molecular weight is 2040 g/mol. The van der Waals surface area contributed by atoms with Gasteiger partial charge in [-0.05, 0) is 258 Å². The third kappa shape index (κ3) is 43.4. The van der Waals surface area contributed by atoms with Crippen LogP contribution in [0.3, 0.4) is 0 Å². The van der Waals surface area contributed by atoms with Gasteiger partial charge in [-0.3, -0.25) is 0 Å². The molecule has 150 heavy (non-hydrogen) atoms. The summed E-state index contributed by atoms with van der Waals surface area (Å²) in [4.78, 5) is 0. The minimum atomic E-state index is -0.546. The second-order valence-corrected chi connectivity index (χ2v) is 43.3. The SMILES string of the molecule is CC(C)c1ccc(/C=C/c2c(Cl)cccc2Cl)cc1.CC(C)c1ccc(/C=C/c2c(F)cccc2F)cc1.CC(C)c1ccc(/C=C/c2ccc(C(C)(C)C)cc2)cc1.CC(C)c1ccc(/C=C/c2cccc(Cl)c2)cc1.Cc1cc(C)cc(/C=C/c2ccc(C(C)C)cc2)c1.Cc1ccc(/C=C/c2ccc(C(C)C)cc2)cc1.Cc1ccc(/C=C/c2ccc(C(C)C)cc2)cc1.Cc1cccc(/C=C/c2ccc(C(C)C)cc2)c1. The number of benzene rings is 16. The molecule has 16 rings (SSSR count). The summed E-state index contributed by atoms with van der Waals surface area (Å²) in [6.07, 6.45) is 33.0. The van der Waals surface area contributed by atoms with Gasteiger partial charge in [-0.25, -0.2) is 8.78 Å². The predicted molar refractivity (Wildman–Crippen MR) is 665 cm³/mol. The van der Waals surface area contributed by atoms with Gasteiger partial charge >= 0.3 is 0 Å². The van der Waals surface area contributed by atoms with Gasteiger partial charge < -0.3 is 0 Å². The van der Waals surface area contributed by atoms with E-state index in [1.54, 1.807) is 6.08 Å². The number of halogens is 5. The molecule has 0 fully saturated rings. The third-order valence-electron chi connectivity index (χ3n) is 25.6. The van der Waals surface area contributed by atoms with Crippen molar-refractivity contribution in [1.82, 2.24) is 0 Å². The van der Waals surface area contributed by atoms with Gasteiger partial charge in [0.1, 0.15) is 11.6 Å². The summed E-state index contributed by atoms with van der Waals surface area (Å²) in [5.41, 5.74) is 36.8. The monoisotopic (exact) mass is 2040 g/mol. The molecule has 5 heteroatoms. The van der Waals surface area contributed by atoms with E-state index < -0.39 is 11.6 Å². The molecule has 0 aromatic heterocycles. The molecule has 0 radical (unpaired) electrons. The maximum atomic E-state index is 13.4. The van der Waals surface area contributed by atoms with Crippen molar-refractivity contribution >= 4 is 132 Å². The van der Waals surface area contributed by atoms with E-state index in [1.165, 1.54) is 163 Å². The Morgan fingerprint density at radius 1 is 0.180 bits per heavy atom. The molecule has 0 N–H and O–H groups in total. The van der Waals surface area contributed by atoms with Crippen LogP contribution in [0, 0.1) is 46.3 Å². The first-order valence-electron chi connectivity index (χ1n) is 52.9. The van der Waals surface area contributed by atoms with Gasteiger partial charge in [0.2, 0.25) is 0 Å². The Morgan fingerprint density at radius 3 is 0.627 bits per heavy atom. The summed E-state index contributed by atoms with van der Waals surface area (Å²) in [5.74, 6) is 3.49. The maximum Gasteiger partial charge on any atom is 0.133 e. The average Bonchev–Trinajstić information content (AvgIpc) is 0.853. The molecule has 0 nitrogen and oxygen atoms in total. The summed E-state index contributed by atoms with van der Waals surface area (Å²) in [5, 5.41) is 2.11. The molecule has 0 saturated carbocycles. The van der Waals surface area contributed by atoms with E-state index in [2.05, 4.69) is 524 Å².